The number of nitro benzene ring substituents is 1. The summed E-state index contributed by atoms with van der Waals surface area (Å²) in [4.78, 5) is 34.0. The molecule has 1 atom stereocenters. The molecule has 1 aliphatic heterocycles. The van der Waals surface area contributed by atoms with Crippen molar-refractivity contribution in [2.45, 2.75) is 13.0 Å². The predicted octanol–water partition coefficient (Wildman–Crippen LogP) is 1.35. The zero-order valence-corrected chi connectivity index (χ0v) is 12.2. The highest BCUT2D eigenvalue weighted by molar-refractivity contribution is 5.98. The Morgan fingerprint density at radius 2 is 2.09 bits per heavy atom. The van der Waals surface area contributed by atoms with E-state index in [0.29, 0.717) is 6.61 Å². The van der Waals surface area contributed by atoms with Crippen LogP contribution < -0.4 is 5.32 Å². The van der Waals surface area contributed by atoms with Gasteiger partial charge in [-0.1, -0.05) is 12.1 Å². The Bertz CT molecular complexity index is 656. The zero-order valence-electron chi connectivity index (χ0n) is 12.2. The van der Waals surface area contributed by atoms with E-state index >= 15 is 0 Å². The van der Waals surface area contributed by atoms with E-state index in [0.717, 1.165) is 6.26 Å². The van der Waals surface area contributed by atoms with E-state index in [1.54, 1.807) is 0 Å². The molecule has 9 nitrogen and oxygen atoms in total. The Kier molecular flexibility index (Phi) is 5.13. The summed E-state index contributed by atoms with van der Waals surface area (Å²) in [5.74, 6) is -1.69. The van der Waals surface area contributed by atoms with Crippen LogP contribution in [0.4, 0.5) is 11.4 Å². The molecular formula is C14H14N2O7. The van der Waals surface area contributed by atoms with Crippen LogP contribution >= 0.6 is 0 Å². The van der Waals surface area contributed by atoms with Gasteiger partial charge >= 0.3 is 5.97 Å². The van der Waals surface area contributed by atoms with Crippen LogP contribution in [-0.4, -0.2) is 36.1 Å². The monoisotopic (exact) mass is 322 g/mol. The molecule has 1 aromatic carbocycles. The lowest BCUT2D eigenvalue weighted by atomic mass is 10.2. The van der Waals surface area contributed by atoms with Gasteiger partial charge in [0.25, 0.3) is 11.6 Å². The second kappa shape index (κ2) is 7.25. The van der Waals surface area contributed by atoms with Crippen LogP contribution in [0.5, 0.6) is 0 Å². The number of hydrogen-bond acceptors (Lipinski definition) is 7. The molecule has 0 spiro atoms. The molecule has 0 saturated heterocycles. The van der Waals surface area contributed by atoms with Crippen LogP contribution in [0.3, 0.4) is 0 Å². The molecule has 1 aliphatic rings. The molecule has 0 aromatic heterocycles. The Morgan fingerprint density at radius 1 is 1.35 bits per heavy atom. The zero-order chi connectivity index (χ0) is 16.8. The van der Waals surface area contributed by atoms with Gasteiger partial charge in [-0.25, -0.2) is 4.79 Å². The highest BCUT2D eigenvalue weighted by atomic mass is 16.6. The number of nitrogens with one attached hydrogen (secondary N) is 1. The van der Waals surface area contributed by atoms with Crippen LogP contribution in [0.1, 0.15) is 6.92 Å². The Morgan fingerprint density at radius 3 is 2.74 bits per heavy atom. The summed E-state index contributed by atoms with van der Waals surface area (Å²) in [6, 6.07) is 5.65. The van der Waals surface area contributed by atoms with Crippen LogP contribution in [0.25, 0.3) is 0 Å². The maximum atomic E-state index is 12.0. The van der Waals surface area contributed by atoms with Gasteiger partial charge in [0.05, 0.1) is 4.92 Å². The van der Waals surface area contributed by atoms with E-state index in [1.807, 2.05) is 0 Å². The molecule has 1 N–H and O–H groups in total. The normalized spacial score (nSPS) is 14.6. The van der Waals surface area contributed by atoms with Gasteiger partial charge in [0.15, 0.2) is 6.10 Å². The van der Waals surface area contributed by atoms with E-state index in [1.165, 1.54) is 31.2 Å². The van der Waals surface area contributed by atoms with Crippen LogP contribution in [0, 0.1) is 10.1 Å². The third-order valence-corrected chi connectivity index (χ3v) is 2.86. The van der Waals surface area contributed by atoms with Crippen molar-refractivity contribution in [3.05, 3.63) is 46.4 Å². The number of carbonyl (C=O) groups is 2. The number of rotatable bonds is 5. The fourth-order valence-corrected chi connectivity index (χ4v) is 1.72. The highest BCUT2D eigenvalue weighted by Crippen LogP contribution is 2.23. The number of esters is 1. The fraction of sp³-hybridized carbons (Fsp3) is 0.286. The van der Waals surface area contributed by atoms with Crippen molar-refractivity contribution in [1.29, 1.82) is 0 Å². The SMILES string of the molecule is C[C@@H](OC(=O)C1=COCCO1)C(=O)Nc1ccccc1[N+](=O)[O-]. The van der Waals surface area contributed by atoms with Crippen molar-refractivity contribution in [2.24, 2.45) is 0 Å². The van der Waals surface area contributed by atoms with E-state index in [-0.39, 0.29) is 23.7 Å². The third kappa shape index (κ3) is 4.19. The number of ether oxygens (including phenoxy) is 3. The number of carbonyl (C=O) groups excluding carboxylic acids is 2. The van der Waals surface area contributed by atoms with E-state index in [4.69, 9.17) is 14.2 Å². The van der Waals surface area contributed by atoms with Gasteiger partial charge in [-0.3, -0.25) is 14.9 Å². The number of amides is 1. The summed E-state index contributed by atoms with van der Waals surface area (Å²) in [7, 11) is 0. The molecule has 1 aromatic rings. The predicted molar refractivity (Wildman–Crippen MR) is 77.3 cm³/mol. The maximum absolute atomic E-state index is 12.0. The number of benzene rings is 1. The minimum absolute atomic E-state index is 0.0156. The van der Waals surface area contributed by atoms with Crippen molar-refractivity contribution < 1.29 is 28.7 Å². The summed E-state index contributed by atoms with van der Waals surface area (Å²) >= 11 is 0. The summed E-state index contributed by atoms with van der Waals surface area (Å²) in [6.07, 6.45) is -0.0628. The molecule has 0 aliphatic carbocycles. The van der Waals surface area contributed by atoms with Crippen molar-refractivity contribution in [1.82, 2.24) is 0 Å². The van der Waals surface area contributed by atoms with Gasteiger partial charge in [-0.05, 0) is 13.0 Å². The van der Waals surface area contributed by atoms with E-state index in [9.17, 15) is 19.7 Å². The lowest BCUT2D eigenvalue weighted by Crippen LogP contribution is -2.31. The molecule has 0 bridgehead atoms. The van der Waals surface area contributed by atoms with Crippen molar-refractivity contribution >= 4 is 23.3 Å². The highest BCUT2D eigenvalue weighted by Gasteiger charge is 2.24. The number of anilines is 1. The van der Waals surface area contributed by atoms with Crippen molar-refractivity contribution in [3.63, 3.8) is 0 Å². The molecule has 23 heavy (non-hydrogen) atoms. The first-order chi connectivity index (χ1) is 11.0. The standard InChI is InChI=1S/C14H14N2O7/c1-9(23-14(18)12-8-21-6-7-22-12)13(17)15-10-4-2-3-5-11(10)16(19)20/h2-5,8-9H,6-7H2,1H3,(H,15,17)/t9-/m1/s1. The largest absolute Gasteiger partial charge is 0.493 e. The Balaban J connectivity index is 1.99. The lowest BCUT2D eigenvalue weighted by Gasteiger charge is -2.17. The van der Waals surface area contributed by atoms with Gasteiger partial charge in [-0.2, -0.15) is 0 Å². The fourth-order valence-electron chi connectivity index (χ4n) is 1.72. The van der Waals surface area contributed by atoms with Crippen LogP contribution in [0.2, 0.25) is 0 Å². The summed E-state index contributed by atoms with van der Waals surface area (Å²) in [5, 5.41) is 13.2. The minimum atomic E-state index is -1.17. The smallest absolute Gasteiger partial charge is 0.377 e. The molecule has 0 unspecified atom stereocenters. The third-order valence-electron chi connectivity index (χ3n) is 2.86. The maximum Gasteiger partial charge on any atom is 0.377 e. The first-order valence-electron chi connectivity index (χ1n) is 6.69. The number of para-hydroxylation sites is 2. The molecule has 1 heterocycles. The first-order valence-corrected chi connectivity index (χ1v) is 6.69. The number of nitrogens with zero attached hydrogens (tertiary/aromatic N) is 1. The second-order valence-electron chi connectivity index (χ2n) is 4.51. The number of nitro groups is 1. The summed E-state index contributed by atoms with van der Waals surface area (Å²) in [6.45, 7) is 1.87. The Hall–Kier alpha value is -3.10. The molecule has 9 heteroatoms. The molecule has 1 amide bonds. The summed E-state index contributed by atoms with van der Waals surface area (Å²) < 4.78 is 14.9. The molecule has 0 saturated carbocycles. The van der Waals surface area contributed by atoms with Gasteiger partial charge in [0.2, 0.25) is 5.76 Å². The van der Waals surface area contributed by atoms with Crippen molar-refractivity contribution in [2.75, 3.05) is 18.5 Å². The van der Waals surface area contributed by atoms with Gasteiger partial charge in [0.1, 0.15) is 25.2 Å². The van der Waals surface area contributed by atoms with Gasteiger partial charge in [-0.15, -0.1) is 0 Å². The topological polar surface area (TPSA) is 117 Å². The number of hydrogen-bond donors (Lipinski definition) is 1. The second-order valence-corrected chi connectivity index (χ2v) is 4.51. The molecular weight excluding hydrogens is 308 g/mol. The molecule has 0 fully saturated rings. The van der Waals surface area contributed by atoms with Crippen LogP contribution in [-0.2, 0) is 23.8 Å². The average Bonchev–Trinajstić information content (AvgIpc) is 2.55. The van der Waals surface area contributed by atoms with Crippen molar-refractivity contribution in [3.8, 4) is 0 Å². The molecule has 0 radical (unpaired) electrons. The van der Waals surface area contributed by atoms with Crippen LogP contribution in [0.15, 0.2) is 36.3 Å². The van der Waals surface area contributed by atoms with Gasteiger partial charge in [0, 0.05) is 6.07 Å². The first kappa shape index (κ1) is 16.3. The average molecular weight is 322 g/mol. The summed E-state index contributed by atoms with van der Waals surface area (Å²) in [5.41, 5.74) is -0.243. The van der Waals surface area contributed by atoms with E-state index < -0.39 is 22.9 Å². The Labute approximate surface area is 131 Å². The lowest BCUT2D eigenvalue weighted by molar-refractivity contribution is -0.383. The van der Waals surface area contributed by atoms with Gasteiger partial charge < -0.3 is 19.5 Å². The quantitative estimate of drug-likeness (QED) is 0.494. The molecule has 2 rings (SSSR count). The molecule has 122 valence electrons. The minimum Gasteiger partial charge on any atom is -0.493 e. The van der Waals surface area contributed by atoms with E-state index in [2.05, 4.69) is 5.32 Å².